The summed E-state index contributed by atoms with van der Waals surface area (Å²) in [5, 5.41) is 3.34. The van der Waals surface area contributed by atoms with E-state index in [-0.39, 0.29) is 12.1 Å². The first-order valence-corrected chi connectivity index (χ1v) is 6.16. The zero-order valence-corrected chi connectivity index (χ0v) is 10.7. The molecule has 0 spiro atoms. The van der Waals surface area contributed by atoms with Gasteiger partial charge in [-0.05, 0) is 52.7 Å². The van der Waals surface area contributed by atoms with Gasteiger partial charge in [0.05, 0.1) is 12.6 Å². The summed E-state index contributed by atoms with van der Waals surface area (Å²) in [7, 11) is 1.99. The predicted molar refractivity (Wildman–Crippen MR) is 64.3 cm³/mol. The maximum Gasteiger partial charge on any atom is 0.320 e. The average molecular weight is 228 g/mol. The molecular formula is C12H24N2O2. The highest BCUT2D eigenvalue weighted by Gasteiger charge is 2.17. The lowest BCUT2D eigenvalue weighted by atomic mass is 9.98. The van der Waals surface area contributed by atoms with Crippen LogP contribution < -0.4 is 5.32 Å². The molecular weight excluding hydrogens is 204 g/mol. The second kappa shape index (κ2) is 6.86. The number of esters is 1. The van der Waals surface area contributed by atoms with E-state index in [2.05, 4.69) is 10.2 Å². The second-order valence-corrected chi connectivity index (χ2v) is 4.93. The summed E-state index contributed by atoms with van der Waals surface area (Å²) in [6, 6.07) is 0. The van der Waals surface area contributed by atoms with Crippen molar-refractivity contribution in [2.75, 3.05) is 33.2 Å². The molecule has 0 amide bonds. The van der Waals surface area contributed by atoms with E-state index in [1.54, 1.807) is 0 Å². The molecule has 1 aliphatic rings. The molecule has 0 unspecified atom stereocenters. The Balaban J connectivity index is 2.18. The normalized spacial score (nSPS) is 18.1. The fourth-order valence-corrected chi connectivity index (χ4v) is 2.09. The fraction of sp³-hybridized carbons (Fsp3) is 0.917. The molecule has 0 bridgehead atoms. The highest BCUT2D eigenvalue weighted by Crippen LogP contribution is 2.12. The lowest BCUT2D eigenvalue weighted by Gasteiger charge is -2.27. The van der Waals surface area contributed by atoms with Crippen molar-refractivity contribution in [2.45, 2.75) is 32.8 Å². The Kier molecular flexibility index (Phi) is 5.77. The first kappa shape index (κ1) is 13.5. The third-order valence-electron chi connectivity index (χ3n) is 2.79. The van der Waals surface area contributed by atoms with E-state index < -0.39 is 0 Å². The molecule has 0 saturated carbocycles. The van der Waals surface area contributed by atoms with E-state index in [9.17, 15) is 4.79 Å². The fourth-order valence-electron chi connectivity index (χ4n) is 2.09. The van der Waals surface area contributed by atoms with Gasteiger partial charge in [-0.2, -0.15) is 0 Å². The number of nitrogens with zero attached hydrogens (tertiary/aromatic N) is 1. The average Bonchev–Trinajstić information content (AvgIpc) is 2.17. The number of hydrogen-bond acceptors (Lipinski definition) is 4. The van der Waals surface area contributed by atoms with Crippen LogP contribution >= 0.6 is 0 Å². The summed E-state index contributed by atoms with van der Waals surface area (Å²) >= 11 is 0. The number of ether oxygens (including phenoxy) is 1. The van der Waals surface area contributed by atoms with Gasteiger partial charge >= 0.3 is 5.97 Å². The van der Waals surface area contributed by atoms with Gasteiger partial charge in [0.2, 0.25) is 0 Å². The molecule has 0 radical (unpaired) electrons. The van der Waals surface area contributed by atoms with Crippen molar-refractivity contribution in [3.05, 3.63) is 0 Å². The van der Waals surface area contributed by atoms with E-state index >= 15 is 0 Å². The van der Waals surface area contributed by atoms with E-state index in [0.717, 1.165) is 25.6 Å². The number of rotatable bonds is 5. The molecule has 1 rings (SSSR count). The SMILES string of the molecule is CC(C)OC(=O)CN(C)CC1CCNCC1. The van der Waals surface area contributed by atoms with Crippen LogP contribution in [0.3, 0.4) is 0 Å². The maximum atomic E-state index is 11.4. The van der Waals surface area contributed by atoms with Crippen molar-refractivity contribution in [3.8, 4) is 0 Å². The Morgan fingerprint density at radius 2 is 2.06 bits per heavy atom. The minimum absolute atomic E-state index is 0.0141. The lowest BCUT2D eigenvalue weighted by molar-refractivity contribution is -0.148. The number of carbonyl (C=O) groups excluding carboxylic acids is 1. The number of hydrogen-bond donors (Lipinski definition) is 1. The number of carbonyl (C=O) groups is 1. The molecule has 1 fully saturated rings. The molecule has 1 heterocycles. The Bertz CT molecular complexity index is 213. The van der Waals surface area contributed by atoms with E-state index in [1.165, 1.54) is 12.8 Å². The van der Waals surface area contributed by atoms with E-state index in [4.69, 9.17) is 4.74 Å². The zero-order chi connectivity index (χ0) is 12.0. The van der Waals surface area contributed by atoms with Gasteiger partial charge in [-0.1, -0.05) is 0 Å². The summed E-state index contributed by atoms with van der Waals surface area (Å²) in [4.78, 5) is 13.5. The Morgan fingerprint density at radius 3 is 2.62 bits per heavy atom. The van der Waals surface area contributed by atoms with Gasteiger partial charge in [0, 0.05) is 6.54 Å². The number of nitrogens with one attached hydrogen (secondary N) is 1. The largest absolute Gasteiger partial charge is 0.462 e. The number of piperidine rings is 1. The molecule has 1 aliphatic heterocycles. The zero-order valence-electron chi connectivity index (χ0n) is 10.7. The van der Waals surface area contributed by atoms with Crippen LogP contribution in [0.2, 0.25) is 0 Å². The van der Waals surface area contributed by atoms with Gasteiger partial charge in [0.25, 0.3) is 0 Å². The summed E-state index contributed by atoms with van der Waals surface area (Å²) in [5.74, 6) is 0.601. The Hall–Kier alpha value is -0.610. The first-order valence-electron chi connectivity index (χ1n) is 6.16. The number of likely N-dealkylation sites (N-methyl/N-ethyl adjacent to an activating group) is 1. The molecule has 0 aromatic carbocycles. The third-order valence-corrected chi connectivity index (χ3v) is 2.79. The Labute approximate surface area is 98.3 Å². The van der Waals surface area contributed by atoms with Gasteiger partial charge in [-0.3, -0.25) is 9.69 Å². The smallest absolute Gasteiger partial charge is 0.320 e. The highest BCUT2D eigenvalue weighted by molar-refractivity contribution is 5.71. The predicted octanol–water partition coefficient (Wildman–Crippen LogP) is 0.869. The summed E-state index contributed by atoms with van der Waals surface area (Å²) < 4.78 is 5.12. The Morgan fingerprint density at radius 1 is 1.44 bits per heavy atom. The standard InChI is InChI=1S/C12H24N2O2/c1-10(2)16-12(15)9-14(3)8-11-4-6-13-7-5-11/h10-11,13H,4-9H2,1-3H3. The molecule has 0 aliphatic carbocycles. The van der Waals surface area contributed by atoms with E-state index in [1.807, 2.05) is 20.9 Å². The van der Waals surface area contributed by atoms with Crippen LogP contribution in [0.15, 0.2) is 0 Å². The van der Waals surface area contributed by atoms with Crippen molar-refractivity contribution in [1.29, 1.82) is 0 Å². The molecule has 94 valence electrons. The van der Waals surface area contributed by atoms with Crippen molar-refractivity contribution in [3.63, 3.8) is 0 Å². The molecule has 1 N–H and O–H groups in total. The summed E-state index contributed by atoms with van der Waals surface area (Å²) in [6.45, 7) is 7.37. The topological polar surface area (TPSA) is 41.6 Å². The molecule has 4 nitrogen and oxygen atoms in total. The minimum atomic E-state index is -0.119. The quantitative estimate of drug-likeness (QED) is 0.709. The van der Waals surface area contributed by atoms with Crippen molar-refractivity contribution < 1.29 is 9.53 Å². The third kappa shape index (κ3) is 5.47. The van der Waals surface area contributed by atoms with Crippen molar-refractivity contribution >= 4 is 5.97 Å². The first-order chi connectivity index (χ1) is 7.58. The van der Waals surface area contributed by atoms with Crippen molar-refractivity contribution in [2.24, 2.45) is 5.92 Å². The van der Waals surface area contributed by atoms with Crippen molar-refractivity contribution in [1.82, 2.24) is 10.2 Å². The lowest BCUT2D eigenvalue weighted by Crippen LogP contribution is -2.37. The molecule has 0 atom stereocenters. The van der Waals surface area contributed by atoms with Crippen LogP contribution in [0.25, 0.3) is 0 Å². The van der Waals surface area contributed by atoms with Gasteiger partial charge in [-0.15, -0.1) is 0 Å². The van der Waals surface area contributed by atoms with Gasteiger partial charge < -0.3 is 10.1 Å². The van der Waals surface area contributed by atoms with Gasteiger partial charge in [0.1, 0.15) is 0 Å². The summed E-state index contributed by atoms with van der Waals surface area (Å²) in [5.41, 5.74) is 0. The van der Waals surface area contributed by atoms with Crippen LogP contribution in [-0.4, -0.2) is 50.2 Å². The molecule has 0 aromatic heterocycles. The van der Waals surface area contributed by atoms with Gasteiger partial charge in [0.15, 0.2) is 0 Å². The molecule has 0 aromatic rings. The van der Waals surface area contributed by atoms with Crippen LogP contribution in [-0.2, 0) is 9.53 Å². The maximum absolute atomic E-state index is 11.4. The van der Waals surface area contributed by atoms with Crippen LogP contribution in [0, 0.1) is 5.92 Å². The van der Waals surface area contributed by atoms with Crippen LogP contribution in [0.5, 0.6) is 0 Å². The molecule has 16 heavy (non-hydrogen) atoms. The minimum Gasteiger partial charge on any atom is -0.462 e. The molecule has 1 saturated heterocycles. The van der Waals surface area contributed by atoms with Gasteiger partial charge in [-0.25, -0.2) is 0 Å². The van der Waals surface area contributed by atoms with E-state index in [0.29, 0.717) is 6.54 Å². The second-order valence-electron chi connectivity index (χ2n) is 4.93. The monoisotopic (exact) mass is 228 g/mol. The highest BCUT2D eigenvalue weighted by atomic mass is 16.5. The van der Waals surface area contributed by atoms with Crippen LogP contribution in [0.4, 0.5) is 0 Å². The summed E-state index contributed by atoms with van der Waals surface area (Å²) in [6.07, 6.45) is 2.41. The molecule has 4 heteroatoms. The van der Waals surface area contributed by atoms with Crippen LogP contribution in [0.1, 0.15) is 26.7 Å².